The van der Waals surface area contributed by atoms with Gasteiger partial charge in [0.05, 0.1) is 0 Å². The molecule has 0 radical (unpaired) electrons. The predicted octanol–water partition coefficient (Wildman–Crippen LogP) is 3.97. The van der Waals surface area contributed by atoms with E-state index < -0.39 is 0 Å². The monoisotopic (exact) mass is 176 g/mol. The fraction of sp³-hybridized carbons (Fsp3) is 0.538. The molecule has 0 fully saturated rings. The van der Waals surface area contributed by atoms with E-state index in [1.807, 2.05) is 6.08 Å². The van der Waals surface area contributed by atoms with Gasteiger partial charge in [0.1, 0.15) is 0 Å². The summed E-state index contributed by atoms with van der Waals surface area (Å²) >= 11 is 0. The fourth-order valence-electron chi connectivity index (χ4n) is 2.19. The molecule has 2 atom stereocenters. The predicted molar refractivity (Wildman–Crippen MR) is 59.5 cm³/mol. The first kappa shape index (κ1) is 10.3. The highest BCUT2D eigenvalue weighted by Crippen LogP contribution is 2.41. The fourth-order valence-corrected chi connectivity index (χ4v) is 2.19. The zero-order chi connectivity index (χ0) is 9.90. The van der Waals surface area contributed by atoms with Crippen molar-refractivity contribution in [2.24, 2.45) is 17.3 Å². The van der Waals surface area contributed by atoms with Crippen LogP contribution in [0, 0.1) is 17.3 Å². The standard InChI is InChI=1S/C13H20/c1-5-6-9-12-11(2)8-7-10-13(12,3)4/h5-9,11-12H,1,10H2,2-4H3/b9-6-. The molecule has 0 amide bonds. The minimum Gasteiger partial charge on any atom is -0.0991 e. The van der Waals surface area contributed by atoms with Crippen molar-refractivity contribution in [3.63, 3.8) is 0 Å². The van der Waals surface area contributed by atoms with Gasteiger partial charge in [0.2, 0.25) is 0 Å². The maximum absolute atomic E-state index is 3.71. The minimum atomic E-state index is 0.397. The van der Waals surface area contributed by atoms with E-state index in [2.05, 4.69) is 51.7 Å². The van der Waals surface area contributed by atoms with Crippen LogP contribution in [-0.2, 0) is 0 Å². The first-order valence-corrected chi connectivity index (χ1v) is 5.04. The Balaban J connectivity index is 2.83. The molecule has 2 unspecified atom stereocenters. The van der Waals surface area contributed by atoms with Crippen molar-refractivity contribution in [1.29, 1.82) is 0 Å². The molecule has 72 valence electrons. The average molecular weight is 176 g/mol. The minimum absolute atomic E-state index is 0.397. The molecule has 0 nitrogen and oxygen atoms in total. The molecule has 0 aromatic rings. The van der Waals surface area contributed by atoms with Gasteiger partial charge >= 0.3 is 0 Å². The third kappa shape index (κ3) is 2.33. The van der Waals surface area contributed by atoms with E-state index in [0.29, 0.717) is 17.3 Å². The van der Waals surface area contributed by atoms with Crippen molar-refractivity contribution in [2.75, 3.05) is 0 Å². The Morgan fingerprint density at radius 1 is 1.46 bits per heavy atom. The SMILES string of the molecule is C=C/C=C\C1C(C)C=CCC1(C)C. The Hall–Kier alpha value is -0.780. The summed E-state index contributed by atoms with van der Waals surface area (Å²) in [5.74, 6) is 1.30. The topological polar surface area (TPSA) is 0 Å². The summed E-state index contributed by atoms with van der Waals surface area (Å²) in [6, 6.07) is 0. The van der Waals surface area contributed by atoms with Gasteiger partial charge in [-0.05, 0) is 23.7 Å². The number of hydrogen-bond acceptors (Lipinski definition) is 0. The summed E-state index contributed by atoms with van der Waals surface area (Å²) in [7, 11) is 0. The average Bonchev–Trinajstić information content (AvgIpc) is 2.02. The lowest BCUT2D eigenvalue weighted by atomic mass is 9.67. The van der Waals surface area contributed by atoms with Crippen molar-refractivity contribution in [1.82, 2.24) is 0 Å². The molecule has 0 aromatic heterocycles. The molecule has 0 saturated heterocycles. The highest BCUT2D eigenvalue weighted by atomic mass is 14.4. The number of rotatable bonds is 2. The Morgan fingerprint density at radius 3 is 2.69 bits per heavy atom. The van der Waals surface area contributed by atoms with Crippen LogP contribution in [0.2, 0.25) is 0 Å². The molecule has 0 N–H and O–H groups in total. The molecule has 1 aliphatic carbocycles. The zero-order valence-electron chi connectivity index (χ0n) is 8.96. The summed E-state index contributed by atoms with van der Waals surface area (Å²) in [5.41, 5.74) is 0.397. The van der Waals surface area contributed by atoms with Crippen LogP contribution in [0.25, 0.3) is 0 Å². The largest absolute Gasteiger partial charge is 0.0991 e. The number of hydrogen-bond donors (Lipinski definition) is 0. The van der Waals surface area contributed by atoms with Gasteiger partial charge in [-0.2, -0.15) is 0 Å². The molecule has 0 spiro atoms. The van der Waals surface area contributed by atoms with Crippen LogP contribution in [0.4, 0.5) is 0 Å². The third-order valence-electron chi connectivity index (χ3n) is 3.01. The zero-order valence-corrected chi connectivity index (χ0v) is 8.96. The maximum atomic E-state index is 3.71. The first-order valence-electron chi connectivity index (χ1n) is 5.04. The molecule has 0 aromatic carbocycles. The Morgan fingerprint density at radius 2 is 2.15 bits per heavy atom. The molecule has 0 heterocycles. The summed E-state index contributed by atoms with van der Waals surface area (Å²) in [5, 5.41) is 0. The molecular weight excluding hydrogens is 156 g/mol. The van der Waals surface area contributed by atoms with Crippen molar-refractivity contribution in [2.45, 2.75) is 27.2 Å². The summed E-state index contributed by atoms with van der Waals surface area (Å²) in [6.07, 6.45) is 12.0. The van der Waals surface area contributed by atoms with E-state index in [9.17, 15) is 0 Å². The van der Waals surface area contributed by atoms with E-state index in [4.69, 9.17) is 0 Å². The van der Waals surface area contributed by atoms with Crippen molar-refractivity contribution < 1.29 is 0 Å². The van der Waals surface area contributed by atoms with Crippen molar-refractivity contribution in [3.05, 3.63) is 37.0 Å². The second-order valence-corrected chi connectivity index (χ2v) is 4.63. The van der Waals surface area contributed by atoms with Crippen LogP contribution < -0.4 is 0 Å². The molecule has 1 aliphatic rings. The van der Waals surface area contributed by atoms with Crippen molar-refractivity contribution in [3.8, 4) is 0 Å². The van der Waals surface area contributed by atoms with Gasteiger partial charge in [-0.3, -0.25) is 0 Å². The molecule has 13 heavy (non-hydrogen) atoms. The van der Waals surface area contributed by atoms with Gasteiger partial charge in [-0.25, -0.2) is 0 Å². The van der Waals surface area contributed by atoms with Gasteiger partial charge in [-0.1, -0.05) is 57.7 Å². The Labute approximate surface area is 82.0 Å². The summed E-state index contributed by atoms with van der Waals surface area (Å²) in [4.78, 5) is 0. The highest BCUT2D eigenvalue weighted by Gasteiger charge is 2.31. The number of allylic oxidation sites excluding steroid dienone is 5. The van der Waals surface area contributed by atoms with Crippen LogP contribution in [0.3, 0.4) is 0 Å². The quantitative estimate of drug-likeness (QED) is 0.441. The van der Waals surface area contributed by atoms with Gasteiger partial charge in [0, 0.05) is 0 Å². The van der Waals surface area contributed by atoms with E-state index in [1.54, 1.807) is 0 Å². The van der Waals surface area contributed by atoms with E-state index in [-0.39, 0.29) is 0 Å². The van der Waals surface area contributed by atoms with E-state index in [0.717, 1.165) is 0 Å². The lowest BCUT2D eigenvalue weighted by Gasteiger charge is -2.38. The van der Waals surface area contributed by atoms with Crippen LogP contribution in [-0.4, -0.2) is 0 Å². The van der Waals surface area contributed by atoms with Gasteiger partial charge in [-0.15, -0.1) is 0 Å². The van der Waals surface area contributed by atoms with Crippen LogP contribution >= 0.6 is 0 Å². The van der Waals surface area contributed by atoms with Crippen molar-refractivity contribution >= 4 is 0 Å². The normalized spacial score (nSPS) is 32.2. The molecule has 0 aliphatic heterocycles. The molecule has 1 rings (SSSR count). The second kappa shape index (κ2) is 3.95. The Bertz CT molecular complexity index is 230. The Kier molecular flexibility index (Phi) is 3.13. The van der Waals surface area contributed by atoms with E-state index in [1.165, 1.54) is 6.42 Å². The smallest absolute Gasteiger partial charge is 0.0116 e. The van der Waals surface area contributed by atoms with E-state index >= 15 is 0 Å². The third-order valence-corrected chi connectivity index (χ3v) is 3.01. The van der Waals surface area contributed by atoms with Crippen LogP contribution in [0.5, 0.6) is 0 Å². The van der Waals surface area contributed by atoms with Gasteiger partial charge in [0.15, 0.2) is 0 Å². The summed E-state index contributed by atoms with van der Waals surface area (Å²) in [6.45, 7) is 10.7. The van der Waals surface area contributed by atoms with Gasteiger partial charge < -0.3 is 0 Å². The lowest BCUT2D eigenvalue weighted by Crippen LogP contribution is -2.29. The molecule has 0 heteroatoms. The lowest BCUT2D eigenvalue weighted by molar-refractivity contribution is 0.207. The highest BCUT2D eigenvalue weighted by molar-refractivity contribution is 5.12. The van der Waals surface area contributed by atoms with Crippen LogP contribution in [0.1, 0.15) is 27.2 Å². The van der Waals surface area contributed by atoms with Gasteiger partial charge in [0.25, 0.3) is 0 Å². The molecular formula is C13H20. The molecule has 0 saturated carbocycles. The first-order chi connectivity index (χ1) is 6.08. The maximum Gasteiger partial charge on any atom is -0.0116 e. The second-order valence-electron chi connectivity index (χ2n) is 4.63. The van der Waals surface area contributed by atoms with Crippen LogP contribution in [0.15, 0.2) is 37.0 Å². The summed E-state index contributed by atoms with van der Waals surface area (Å²) < 4.78 is 0. The molecule has 0 bridgehead atoms.